The van der Waals surface area contributed by atoms with Gasteiger partial charge in [-0.1, -0.05) is 6.07 Å². The van der Waals surface area contributed by atoms with Gasteiger partial charge >= 0.3 is 5.97 Å². The van der Waals surface area contributed by atoms with Crippen LogP contribution in [0.2, 0.25) is 0 Å². The van der Waals surface area contributed by atoms with Crippen LogP contribution in [0.5, 0.6) is 11.5 Å². The number of hydrogen-bond acceptors (Lipinski definition) is 5. The first-order valence-corrected chi connectivity index (χ1v) is 6.03. The third kappa shape index (κ3) is 3.20. The molecule has 5 nitrogen and oxygen atoms in total. The molecule has 0 heterocycles. The Balaban J connectivity index is 2.09. The quantitative estimate of drug-likeness (QED) is 0.746. The summed E-state index contributed by atoms with van der Waals surface area (Å²) in [6, 6.07) is 11.3. The molecule has 0 aliphatic carbocycles. The van der Waals surface area contributed by atoms with Crippen LogP contribution in [0.3, 0.4) is 0 Å². The Morgan fingerprint density at radius 2 is 2.00 bits per heavy atom. The first-order chi connectivity index (χ1) is 9.60. The number of esters is 1. The van der Waals surface area contributed by atoms with E-state index in [9.17, 15) is 15.0 Å². The van der Waals surface area contributed by atoms with Crippen molar-refractivity contribution in [2.24, 2.45) is 0 Å². The van der Waals surface area contributed by atoms with Crippen molar-refractivity contribution in [2.45, 2.75) is 6.54 Å². The van der Waals surface area contributed by atoms with Crippen molar-refractivity contribution in [1.82, 2.24) is 0 Å². The summed E-state index contributed by atoms with van der Waals surface area (Å²) >= 11 is 0. The SMILES string of the molecule is COC(=O)c1cccc(NCc2ccc(O)cc2O)c1. The van der Waals surface area contributed by atoms with Gasteiger partial charge in [0.2, 0.25) is 0 Å². The molecule has 0 unspecified atom stereocenters. The molecule has 0 bridgehead atoms. The normalized spacial score (nSPS) is 10.1. The number of benzene rings is 2. The molecule has 0 atom stereocenters. The highest BCUT2D eigenvalue weighted by atomic mass is 16.5. The largest absolute Gasteiger partial charge is 0.508 e. The molecule has 0 radical (unpaired) electrons. The van der Waals surface area contributed by atoms with Crippen LogP contribution in [-0.4, -0.2) is 23.3 Å². The van der Waals surface area contributed by atoms with Gasteiger partial charge in [-0.05, 0) is 30.3 Å². The average molecular weight is 273 g/mol. The number of anilines is 1. The summed E-state index contributed by atoms with van der Waals surface area (Å²) in [7, 11) is 1.33. The van der Waals surface area contributed by atoms with Gasteiger partial charge in [0.1, 0.15) is 11.5 Å². The number of rotatable bonds is 4. The lowest BCUT2D eigenvalue weighted by molar-refractivity contribution is 0.0601. The summed E-state index contributed by atoms with van der Waals surface area (Å²) < 4.78 is 4.65. The Kier molecular flexibility index (Phi) is 4.10. The molecule has 0 fully saturated rings. The number of phenolic OH excluding ortho intramolecular Hbond substituents is 2. The van der Waals surface area contributed by atoms with Crippen molar-refractivity contribution in [2.75, 3.05) is 12.4 Å². The predicted octanol–water partition coefficient (Wildman–Crippen LogP) is 2.50. The molecule has 2 rings (SSSR count). The Morgan fingerprint density at radius 3 is 2.70 bits per heavy atom. The number of ether oxygens (including phenoxy) is 1. The van der Waals surface area contributed by atoms with Crippen LogP contribution in [-0.2, 0) is 11.3 Å². The van der Waals surface area contributed by atoms with Gasteiger partial charge in [0, 0.05) is 23.9 Å². The summed E-state index contributed by atoms with van der Waals surface area (Å²) in [6.45, 7) is 0.372. The second-order valence-corrected chi connectivity index (χ2v) is 4.24. The highest BCUT2D eigenvalue weighted by molar-refractivity contribution is 5.90. The zero-order chi connectivity index (χ0) is 14.5. The van der Waals surface area contributed by atoms with E-state index in [4.69, 9.17) is 0 Å². The fourth-order valence-corrected chi connectivity index (χ4v) is 1.77. The lowest BCUT2D eigenvalue weighted by Crippen LogP contribution is -2.04. The number of nitrogens with one attached hydrogen (secondary N) is 1. The van der Waals surface area contributed by atoms with Gasteiger partial charge in [0.15, 0.2) is 0 Å². The fourth-order valence-electron chi connectivity index (χ4n) is 1.77. The van der Waals surface area contributed by atoms with Gasteiger partial charge in [0.05, 0.1) is 12.7 Å². The van der Waals surface area contributed by atoms with Gasteiger partial charge in [-0.3, -0.25) is 0 Å². The number of methoxy groups -OCH3 is 1. The van der Waals surface area contributed by atoms with Crippen LogP contribution >= 0.6 is 0 Å². The minimum atomic E-state index is -0.402. The van der Waals surface area contributed by atoms with Crippen LogP contribution in [0, 0.1) is 0 Å². The van der Waals surface area contributed by atoms with Gasteiger partial charge in [-0.25, -0.2) is 4.79 Å². The third-order valence-corrected chi connectivity index (χ3v) is 2.84. The number of carbonyl (C=O) groups is 1. The number of carbonyl (C=O) groups excluding carboxylic acids is 1. The standard InChI is InChI=1S/C15H15NO4/c1-20-15(19)10-3-2-4-12(7-10)16-9-11-5-6-13(17)8-14(11)18/h2-8,16-18H,9H2,1H3. The zero-order valence-electron chi connectivity index (χ0n) is 11.0. The van der Waals surface area contributed by atoms with Crippen LogP contribution < -0.4 is 5.32 Å². The van der Waals surface area contributed by atoms with E-state index in [-0.39, 0.29) is 11.5 Å². The fraction of sp³-hybridized carbons (Fsp3) is 0.133. The molecule has 2 aromatic rings. The second-order valence-electron chi connectivity index (χ2n) is 4.24. The molecule has 0 spiro atoms. The van der Waals surface area contributed by atoms with E-state index in [2.05, 4.69) is 10.1 Å². The molecule has 5 heteroatoms. The van der Waals surface area contributed by atoms with Crippen molar-refractivity contribution >= 4 is 11.7 Å². The molecular formula is C15H15NO4. The third-order valence-electron chi connectivity index (χ3n) is 2.84. The van der Waals surface area contributed by atoms with Crippen LogP contribution in [0.25, 0.3) is 0 Å². The molecule has 0 saturated carbocycles. The van der Waals surface area contributed by atoms with Gasteiger partial charge in [-0.2, -0.15) is 0 Å². The maximum Gasteiger partial charge on any atom is 0.337 e. The molecule has 0 saturated heterocycles. The minimum Gasteiger partial charge on any atom is -0.508 e. The van der Waals surface area contributed by atoms with Crippen molar-refractivity contribution in [3.8, 4) is 11.5 Å². The Morgan fingerprint density at radius 1 is 1.20 bits per heavy atom. The molecule has 2 aromatic carbocycles. The summed E-state index contributed by atoms with van der Waals surface area (Å²) in [5.74, 6) is -0.373. The Hall–Kier alpha value is -2.69. The van der Waals surface area contributed by atoms with Gasteiger partial charge in [-0.15, -0.1) is 0 Å². The van der Waals surface area contributed by atoms with Crippen molar-refractivity contribution in [3.63, 3.8) is 0 Å². The summed E-state index contributed by atoms with van der Waals surface area (Å²) in [6.07, 6.45) is 0. The number of phenols is 2. The van der Waals surface area contributed by atoms with E-state index >= 15 is 0 Å². The van der Waals surface area contributed by atoms with Gasteiger partial charge < -0.3 is 20.3 Å². The molecule has 0 aromatic heterocycles. The highest BCUT2D eigenvalue weighted by Crippen LogP contribution is 2.23. The van der Waals surface area contributed by atoms with E-state index in [1.54, 1.807) is 24.3 Å². The summed E-state index contributed by atoms with van der Waals surface area (Å²) in [5, 5.41) is 22.0. The minimum absolute atomic E-state index is 0.0129. The summed E-state index contributed by atoms with van der Waals surface area (Å²) in [5.41, 5.74) is 1.83. The van der Waals surface area contributed by atoms with Crippen molar-refractivity contribution in [3.05, 3.63) is 53.6 Å². The molecule has 3 N–H and O–H groups in total. The van der Waals surface area contributed by atoms with Crippen LogP contribution in [0.1, 0.15) is 15.9 Å². The first-order valence-electron chi connectivity index (χ1n) is 6.03. The molecule has 0 aliphatic heterocycles. The summed E-state index contributed by atoms with van der Waals surface area (Å²) in [4.78, 5) is 11.4. The topological polar surface area (TPSA) is 78.8 Å². The maximum atomic E-state index is 11.4. The molecule has 104 valence electrons. The molecule has 0 aliphatic rings. The number of aromatic hydroxyl groups is 2. The highest BCUT2D eigenvalue weighted by Gasteiger charge is 2.06. The molecular weight excluding hydrogens is 258 g/mol. The van der Waals surface area contributed by atoms with E-state index < -0.39 is 5.97 Å². The van der Waals surface area contributed by atoms with E-state index in [0.29, 0.717) is 17.7 Å². The average Bonchev–Trinajstić information content (AvgIpc) is 2.46. The number of hydrogen-bond donors (Lipinski definition) is 3. The van der Waals surface area contributed by atoms with E-state index in [1.807, 2.05) is 6.07 Å². The second kappa shape index (κ2) is 5.97. The van der Waals surface area contributed by atoms with E-state index in [0.717, 1.165) is 5.69 Å². The lowest BCUT2D eigenvalue weighted by atomic mass is 10.1. The Labute approximate surface area is 116 Å². The Bertz CT molecular complexity index is 625. The first kappa shape index (κ1) is 13.7. The van der Waals surface area contributed by atoms with Crippen LogP contribution in [0.15, 0.2) is 42.5 Å². The van der Waals surface area contributed by atoms with Gasteiger partial charge in [0.25, 0.3) is 0 Å². The predicted molar refractivity (Wildman–Crippen MR) is 74.9 cm³/mol. The van der Waals surface area contributed by atoms with Crippen molar-refractivity contribution < 1.29 is 19.7 Å². The smallest absolute Gasteiger partial charge is 0.337 e. The maximum absolute atomic E-state index is 11.4. The zero-order valence-corrected chi connectivity index (χ0v) is 11.0. The molecule has 20 heavy (non-hydrogen) atoms. The van der Waals surface area contributed by atoms with Crippen molar-refractivity contribution in [1.29, 1.82) is 0 Å². The van der Waals surface area contributed by atoms with Crippen LogP contribution in [0.4, 0.5) is 5.69 Å². The molecule has 0 amide bonds. The monoisotopic (exact) mass is 273 g/mol. The van der Waals surface area contributed by atoms with E-state index in [1.165, 1.54) is 19.2 Å². The lowest BCUT2D eigenvalue weighted by Gasteiger charge is -2.09.